The predicted octanol–water partition coefficient (Wildman–Crippen LogP) is 5.61. The van der Waals surface area contributed by atoms with E-state index >= 15 is 0 Å². The minimum atomic E-state index is -4.98. The molecule has 0 aliphatic carbocycles. The number of carbonyl (C=O) groups excluding carboxylic acids is 1. The van der Waals surface area contributed by atoms with Gasteiger partial charge in [0.1, 0.15) is 4.32 Å². The Kier molecular flexibility index (Phi) is 5.16. The lowest BCUT2D eigenvalue weighted by Crippen LogP contribution is -2.17. The van der Waals surface area contributed by atoms with Crippen LogP contribution in [0, 0.1) is 0 Å². The fourth-order valence-corrected chi connectivity index (χ4v) is 4.03. The number of ether oxygens (including phenoxy) is 2. The number of amides is 1. The first-order valence-electron chi connectivity index (χ1n) is 8.40. The maximum atomic E-state index is 13.2. The van der Waals surface area contributed by atoms with Gasteiger partial charge in [0.05, 0.1) is 16.0 Å². The number of hydrogen-bond donors (Lipinski definition) is 1. The Balaban J connectivity index is 1.89. The largest absolute Gasteiger partial charge is 0.454 e. The van der Waals surface area contributed by atoms with Gasteiger partial charge >= 0.3 is 12.4 Å². The van der Waals surface area contributed by atoms with Crippen molar-refractivity contribution in [2.45, 2.75) is 12.4 Å². The van der Waals surface area contributed by atoms with E-state index in [9.17, 15) is 31.1 Å². The Hall–Kier alpha value is -2.73. The number of alkyl halides is 6. The lowest BCUT2D eigenvalue weighted by Gasteiger charge is -2.15. The summed E-state index contributed by atoms with van der Waals surface area (Å²) in [6, 6.07) is 3.91. The maximum Gasteiger partial charge on any atom is 0.416 e. The molecular formula is C19H9F6NO3S2. The van der Waals surface area contributed by atoms with Gasteiger partial charge in [0.15, 0.2) is 11.5 Å². The van der Waals surface area contributed by atoms with Crippen LogP contribution in [0.25, 0.3) is 17.2 Å². The van der Waals surface area contributed by atoms with Crippen molar-refractivity contribution in [3.8, 4) is 22.6 Å². The normalized spacial score (nSPS) is 17.4. The highest BCUT2D eigenvalue weighted by atomic mass is 32.2. The maximum absolute atomic E-state index is 13.2. The molecule has 162 valence electrons. The summed E-state index contributed by atoms with van der Waals surface area (Å²) >= 11 is 5.88. The Bertz CT molecular complexity index is 1110. The van der Waals surface area contributed by atoms with E-state index in [-0.39, 0.29) is 50.3 Å². The van der Waals surface area contributed by atoms with Crippen LogP contribution in [0.5, 0.6) is 11.5 Å². The topological polar surface area (TPSA) is 47.6 Å². The minimum absolute atomic E-state index is 0.0266. The quantitative estimate of drug-likeness (QED) is 0.346. The highest BCUT2D eigenvalue weighted by Gasteiger charge is 2.37. The molecule has 2 aromatic rings. The minimum Gasteiger partial charge on any atom is -0.454 e. The highest BCUT2D eigenvalue weighted by molar-refractivity contribution is 8.26. The van der Waals surface area contributed by atoms with E-state index in [1.54, 1.807) is 0 Å². The van der Waals surface area contributed by atoms with Crippen molar-refractivity contribution in [3.63, 3.8) is 0 Å². The summed E-state index contributed by atoms with van der Waals surface area (Å²) < 4.78 is 90.2. The zero-order valence-electron chi connectivity index (χ0n) is 15.0. The van der Waals surface area contributed by atoms with Gasteiger partial charge in [0, 0.05) is 5.56 Å². The fraction of sp³-hybridized carbons (Fsp3) is 0.158. The molecule has 2 aliphatic rings. The first kappa shape index (κ1) is 21.5. The molecular weight excluding hydrogens is 468 g/mol. The molecule has 2 heterocycles. The molecule has 31 heavy (non-hydrogen) atoms. The van der Waals surface area contributed by atoms with Gasteiger partial charge in [-0.25, -0.2) is 0 Å². The van der Waals surface area contributed by atoms with Crippen molar-refractivity contribution >= 4 is 40.3 Å². The molecule has 0 radical (unpaired) electrons. The molecule has 2 aromatic carbocycles. The molecule has 1 fully saturated rings. The van der Waals surface area contributed by atoms with Crippen LogP contribution in [0.3, 0.4) is 0 Å². The van der Waals surface area contributed by atoms with Crippen LogP contribution >= 0.6 is 24.0 Å². The van der Waals surface area contributed by atoms with Crippen molar-refractivity contribution in [1.29, 1.82) is 0 Å². The van der Waals surface area contributed by atoms with E-state index in [1.807, 2.05) is 0 Å². The summed E-state index contributed by atoms with van der Waals surface area (Å²) in [4.78, 5) is 12.1. The number of hydrogen-bond acceptors (Lipinski definition) is 5. The monoisotopic (exact) mass is 477 g/mol. The molecule has 1 amide bonds. The smallest absolute Gasteiger partial charge is 0.416 e. The van der Waals surface area contributed by atoms with Gasteiger partial charge in [-0.2, -0.15) is 26.3 Å². The first-order chi connectivity index (χ1) is 14.4. The Morgan fingerprint density at radius 3 is 2.10 bits per heavy atom. The van der Waals surface area contributed by atoms with E-state index in [2.05, 4.69) is 5.32 Å². The number of halogens is 6. The van der Waals surface area contributed by atoms with Crippen LogP contribution in [0.15, 0.2) is 35.2 Å². The molecule has 0 atom stereocenters. The molecule has 2 aliphatic heterocycles. The molecule has 0 saturated carbocycles. The standard InChI is InChI=1S/C19H9F6NO3S2/c20-18(21,22)11-2-9(3-12(6-11)19(23,24)25)8-1-10(15-13(4-8)28-7-29-15)5-14-16(27)26-17(30)31-14/h1-6H,7H2,(H,26,27,30)/b14-5-. The third-order valence-electron chi connectivity index (χ3n) is 4.35. The Morgan fingerprint density at radius 1 is 0.935 bits per heavy atom. The van der Waals surface area contributed by atoms with E-state index in [1.165, 1.54) is 18.2 Å². The molecule has 1 N–H and O–H groups in total. The molecule has 4 rings (SSSR count). The van der Waals surface area contributed by atoms with Crippen molar-refractivity contribution in [2.24, 2.45) is 0 Å². The summed E-state index contributed by atoms with van der Waals surface area (Å²) in [5.41, 5.74) is -2.92. The fourth-order valence-electron chi connectivity index (χ4n) is 3.00. The van der Waals surface area contributed by atoms with Crippen molar-refractivity contribution in [3.05, 3.63) is 51.9 Å². The van der Waals surface area contributed by atoms with Gasteiger partial charge < -0.3 is 14.8 Å². The second-order valence-corrected chi connectivity index (χ2v) is 8.16. The molecule has 0 aromatic heterocycles. The molecule has 12 heteroatoms. The summed E-state index contributed by atoms with van der Waals surface area (Å²) in [5, 5.41) is 2.41. The number of rotatable bonds is 2. The molecule has 0 bridgehead atoms. The van der Waals surface area contributed by atoms with Gasteiger partial charge in [-0.1, -0.05) is 24.0 Å². The molecule has 4 nitrogen and oxygen atoms in total. The number of thiocarbonyl (C=S) groups is 1. The van der Waals surface area contributed by atoms with Crippen LogP contribution in [-0.4, -0.2) is 17.0 Å². The zero-order chi connectivity index (χ0) is 22.6. The molecule has 0 unspecified atom stereocenters. The SMILES string of the molecule is O=C1NC(=S)S/C1=C\c1cc(-c2cc(C(F)(F)F)cc(C(F)(F)F)c2)cc2c1OCO2. The van der Waals surface area contributed by atoms with E-state index < -0.39 is 29.4 Å². The van der Waals surface area contributed by atoms with Crippen molar-refractivity contribution < 1.29 is 40.6 Å². The van der Waals surface area contributed by atoms with Gasteiger partial charge in [0.2, 0.25) is 6.79 Å². The number of nitrogens with one attached hydrogen (secondary N) is 1. The molecule has 1 saturated heterocycles. The van der Waals surface area contributed by atoms with Crippen LogP contribution in [0.4, 0.5) is 26.3 Å². The van der Waals surface area contributed by atoms with Crippen LogP contribution in [-0.2, 0) is 17.1 Å². The Morgan fingerprint density at radius 2 is 1.55 bits per heavy atom. The van der Waals surface area contributed by atoms with Crippen molar-refractivity contribution in [2.75, 3.05) is 6.79 Å². The van der Waals surface area contributed by atoms with Gasteiger partial charge in [-0.05, 0) is 47.5 Å². The number of thioether (sulfide) groups is 1. The van der Waals surface area contributed by atoms with E-state index in [0.29, 0.717) is 12.1 Å². The average molecular weight is 477 g/mol. The lowest BCUT2D eigenvalue weighted by molar-refractivity contribution is -0.143. The van der Waals surface area contributed by atoms with Crippen molar-refractivity contribution in [1.82, 2.24) is 5.32 Å². The third-order valence-corrected chi connectivity index (χ3v) is 5.51. The number of carbonyl (C=O) groups is 1. The van der Waals surface area contributed by atoms with Gasteiger partial charge in [-0.3, -0.25) is 4.79 Å². The molecule has 0 spiro atoms. The highest BCUT2D eigenvalue weighted by Crippen LogP contribution is 2.44. The zero-order valence-corrected chi connectivity index (χ0v) is 16.6. The van der Waals surface area contributed by atoms with Gasteiger partial charge in [0.25, 0.3) is 5.91 Å². The first-order valence-corrected chi connectivity index (χ1v) is 9.62. The number of benzene rings is 2. The van der Waals surface area contributed by atoms with E-state index in [0.717, 1.165) is 11.8 Å². The third kappa shape index (κ3) is 4.35. The summed E-state index contributed by atoms with van der Waals surface area (Å²) in [5.74, 6) is -0.140. The van der Waals surface area contributed by atoms with Gasteiger partial charge in [-0.15, -0.1) is 0 Å². The summed E-state index contributed by atoms with van der Waals surface area (Å²) in [6.07, 6.45) is -8.58. The second kappa shape index (κ2) is 7.45. The van der Waals surface area contributed by atoms with Crippen LogP contribution in [0.1, 0.15) is 16.7 Å². The average Bonchev–Trinajstić information content (AvgIpc) is 3.26. The van der Waals surface area contributed by atoms with Crippen LogP contribution < -0.4 is 14.8 Å². The lowest BCUT2D eigenvalue weighted by atomic mass is 9.97. The van der Waals surface area contributed by atoms with Crippen LogP contribution in [0.2, 0.25) is 0 Å². The summed E-state index contributed by atoms with van der Waals surface area (Å²) in [7, 11) is 0. The number of fused-ring (bicyclic) bond motifs is 1. The summed E-state index contributed by atoms with van der Waals surface area (Å²) in [6.45, 7) is -0.191. The Labute approximate surface area is 180 Å². The predicted molar refractivity (Wildman–Crippen MR) is 104 cm³/mol. The van der Waals surface area contributed by atoms with E-state index in [4.69, 9.17) is 21.7 Å². The second-order valence-electron chi connectivity index (χ2n) is 6.45.